The molecule has 0 aliphatic carbocycles. The highest BCUT2D eigenvalue weighted by atomic mass is 16.5. The summed E-state index contributed by atoms with van der Waals surface area (Å²) in [6.45, 7) is 5.14. The Morgan fingerprint density at radius 2 is 2.08 bits per heavy atom. The summed E-state index contributed by atoms with van der Waals surface area (Å²) in [4.78, 5) is 0. The van der Waals surface area contributed by atoms with Crippen molar-refractivity contribution in [2.45, 2.75) is 38.3 Å². The van der Waals surface area contributed by atoms with Crippen LogP contribution < -0.4 is 10.6 Å². The molecular formula is C10H22N2O. The van der Waals surface area contributed by atoms with E-state index < -0.39 is 0 Å². The summed E-state index contributed by atoms with van der Waals surface area (Å²) in [6.07, 6.45) is 3.53. The van der Waals surface area contributed by atoms with Crippen molar-refractivity contribution in [3.8, 4) is 0 Å². The zero-order valence-electron chi connectivity index (χ0n) is 8.81. The molecule has 0 radical (unpaired) electrons. The Hall–Kier alpha value is -0.120. The molecule has 0 aromatic carbocycles. The SMILES string of the molecule is CCC(CNC)NC1CCOCC1. The minimum absolute atomic E-state index is 0.619. The summed E-state index contributed by atoms with van der Waals surface area (Å²) in [5.41, 5.74) is 0. The molecule has 0 saturated carbocycles. The van der Waals surface area contributed by atoms with Crippen molar-refractivity contribution in [1.29, 1.82) is 0 Å². The molecule has 0 bridgehead atoms. The van der Waals surface area contributed by atoms with Crippen LogP contribution in [-0.4, -0.2) is 38.9 Å². The van der Waals surface area contributed by atoms with E-state index >= 15 is 0 Å². The van der Waals surface area contributed by atoms with Crippen LogP contribution in [0.3, 0.4) is 0 Å². The first kappa shape index (κ1) is 11.0. The average Bonchev–Trinajstić information content (AvgIpc) is 2.19. The van der Waals surface area contributed by atoms with E-state index in [1.54, 1.807) is 0 Å². The fourth-order valence-corrected chi connectivity index (χ4v) is 1.77. The summed E-state index contributed by atoms with van der Waals surface area (Å²) in [5, 5.41) is 6.88. The first-order valence-electron chi connectivity index (χ1n) is 5.35. The summed E-state index contributed by atoms with van der Waals surface area (Å²) >= 11 is 0. The van der Waals surface area contributed by atoms with Gasteiger partial charge in [0, 0.05) is 31.8 Å². The molecule has 1 saturated heterocycles. The van der Waals surface area contributed by atoms with Gasteiger partial charge in [-0.25, -0.2) is 0 Å². The Labute approximate surface area is 81.2 Å². The largest absolute Gasteiger partial charge is 0.381 e. The Morgan fingerprint density at radius 1 is 1.38 bits per heavy atom. The Balaban J connectivity index is 2.18. The maximum Gasteiger partial charge on any atom is 0.0480 e. The van der Waals surface area contributed by atoms with Crippen LogP contribution >= 0.6 is 0 Å². The van der Waals surface area contributed by atoms with Crippen molar-refractivity contribution in [3.63, 3.8) is 0 Å². The zero-order chi connectivity index (χ0) is 9.52. The minimum Gasteiger partial charge on any atom is -0.381 e. The number of likely N-dealkylation sites (N-methyl/N-ethyl adjacent to an activating group) is 1. The summed E-state index contributed by atoms with van der Waals surface area (Å²) in [5.74, 6) is 0. The van der Waals surface area contributed by atoms with Gasteiger partial charge in [-0.15, -0.1) is 0 Å². The van der Waals surface area contributed by atoms with Gasteiger partial charge in [-0.3, -0.25) is 0 Å². The van der Waals surface area contributed by atoms with Crippen LogP contribution in [0.25, 0.3) is 0 Å². The monoisotopic (exact) mass is 186 g/mol. The van der Waals surface area contributed by atoms with Crippen molar-refractivity contribution in [3.05, 3.63) is 0 Å². The fraction of sp³-hybridized carbons (Fsp3) is 1.00. The van der Waals surface area contributed by atoms with Gasteiger partial charge in [0.1, 0.15) is 0 Å². The van der Waals surface area contributed by atoms with Gasteiger partial charge < -0.3 is 15.4 Å². The van der Waals surface area contributed by atoms with E-state index in [1.165, 1.54) is 19.3 Å². The molecule has 1 heterocycles. The van der Waals surface area contributed by atoms with Gasteiger partial charge in [0.15, 0.2) is 0 Å². The standard InChI is InChI=1S/C10H22N2O/c1-3-9(8-11-2)12-10-4-6-13-7-5-10/h9-12H,3-8H2,1-2H3. The topological polar surface area (TPSA) is 33.3 Å². The summed E-state index contributed by atoms with van der Waals surface area (Å²) in [6, 6.07) is 1.29. The lowest BCUT2D eigenvalue weighted by Crippen LogP contribution is -2.45. The quantitative estimate of drug-likeness (QED) is 0.665. The Kier molecular flexibility index (Phi) is 5.35. The third kappa shape index (κ3) is 4.07. The van der Waals surface area contributed by atoms with Crippen molar-refractivity contribution < 1.29 is 4.74 Å². The predicted molar refractivity (Wildman–Crippen MR) is 55.0 cm³/mol. The number of hydrogen-bond acceptors (Lipinski definition) is 3. The molecular weight excluding hydrogens is 164 g/mol. The number of rotatable bonds is 5. The highest BCUT2D eigenvalue weighted by Crippen LogP contribution is 2.07. The molecule has 1 fully saturated rings. The highest BCUT2D eigenvalue weighted by molar-refractivity contribution is 4.76. The van der Waals surface area contributed by atoms with Crippen molar-refractivity contribution in [1.82, 2.24) is 10.6 Å². The number of nitrogens with one attached hydrogen (secondary N) is 2. The lowest BCUT2D eigenvalue weighted by Gasteiger charge is -2.28. The second kappa shape index (κ2) is 6.35. The third-order valence-corrected chi connectivity index (χ3v) is 2.64. The van der Waals surface area contributed by atoms with Gasteiger partial charge in [-0.05, 0) is 26.3 Å². The van der Waals surface area contributed by atoms with E-state index in [9.17, 15) is 0 Å². The van der Waals surface area contributed by atoms with Crippen molar-refractivity contribution in [2.75, 3.05) is 26.8 Å². The van der Waals surface area contributed by atoms with Gasteiger partial charge in [-0.1, -0.05) is 6.92 Å². The molecule has 1 atom stereocenters. The Bertz CT molecular complexity index is 121. The second-order valence-electron chi connectivity index (χ2n) is 3.72. The zero-order valence-corrected chi connectivity index (χ0v) is 8.81. The van der Waals surface area contributed by atoms with Gasteiger partial charge in [0.25, 0.3) is 0 Å². The minimum atomic E-state index is 0.619. The maximum absolute atomic E-state index is 5.32. The molecule has 1 aliphatic heterocycles. The highest BCUT2D eigenvalue weighted by Gasteiger charge is 2.16. The molecule has 1 aliphatic rings. The van der Waals surface area contributed by atoms with Crippen molar-refractivity contribution >= 4 is 0 Å². The smallest absolute Gasteiger partial charge is 0.0480 e. The van der Waals surface area contributed by atoms with E-state index in [0.29, 0.717) is 12.1 Å². The molecule has 78 valence electrons. The molecule has 3 heteroatoms. The van der Waals surface area contributed by atoms with E-state index in [-0.39, 0.29) is 0 Å². The third-order valence-electron chi connectivity index (χ3n) is 2.64. The lowest BCUT2D eigenvalue weighted by atomic mass is 10.1. The lowest BCUT2D eigenvalue weighted by molar-refractivity contribution is 0.0747. The van der Waals surface area contributed by atoms with E-state index in [0.717, 1.165) is 19.8 Å². The maximum atomic E-state index is 5.32. The molecule has 0 aromatic rings. The van der Waals surface area contributed by atoms with Crippen molar-refractivity contribution in [2.24, 2.45) is 0 Å². The van der Waals surface area contributed by atoms with Crippen LogP contribution in [0.1, 0.15) is 26.2 Å². The molecule has 1 unspecified atom stereocenters. The van der Waals surface area contributed by atoms with E-state index in [1.807, 2.05) is 7.05 Å². The molecule has 2 N–H and O–H groups in total. The van der Waals surface area contributed by atoms with Crippen LogP contribution in [0.15, 0.2) is 0 Å². The van der Waals surface area contributed by atoms with Gasteiger partial charge in [0.05, 0.1) is 0 Å². The van der Waals surface area contributed by atoms with Crippen LogP contribution in [0, 0.1) is 0 Å². The summed E-state index contributed by atoms with van der Waals surface area (Å²) < 4.78 is 5.32. The molecule has 3 nitrogen and oxygen atoms in total. The van der Waals surface area contributed by atoms with Gasteiger partial charge in [0.2, 0.25) is 0 Å². The first-order chi connectivity index (χ1) is 6.36. The normalized spacial score (nSPS) is 21.7. The fourth-order valence-electron chi connectivity index (χ4n) is 1.77. The Morgan fingerprint density at radius 3 is 2.62 bits per heavy atom. The molecule has 13 heavy (non-hydrogen) atoms. The van der Waals surface area contributed by atoms with Crippen LogP contribution in [-0.2, 0) is 4.74 Å². The predicted octanol–water partition coefficient (Wildman–Crippen LogP) is 0.753. The van der Waals surface area contributed by atoms with Gasteiger partial charge in [-0.2, -0.15) is 0 Å². The van der Waals surface area contributed by atoms with Crippen LogP contribution in [0.2, 0.25) is 0 Å². The van der Waals surface area contributed by atoms with E-state index in [4.69, 9.17) is 4.74 Å². The van der Waals surface area contributed by atoms with Crippen LogP contribution in [0.5, 0.6) is 0 Å². The van der Waals surface area contributed by atoms with Gasteiger partial charge >= 0.3 is 0 Å². The number of hydrogen-bond donors (Lipinski definition) is 2. The molecule has 0 aromatic heterocycles. The van der Waals surface area contributed by atoms with Crippen LogP contribution in [0.4, 0.5) is 0 Å². The number of ether oxygens (including phenoxy) is 1. The molecule has 1 rings (SSSR count). The first-order valence-corrected chi connectivity index (χ1v) is 5.35. The average molecular weight is 186 g/mol. The molecule has 0 amide bonds. The summed E-state index contributed by atoms with van der Waals surface area (Å²) in [7, 11) is 2.01. The second-order valence-corrected chi connectivity index (χ2v) is 3.72. The van der Waals surface area contributed by atoms with E-state index in [2.05, 4.69) is 17.6 Å². The molecule has 0 spiro atoms.